The maximum atomic E-state index is 13.0. The van der Waals surface area contributed by atoms with Gasteiger partial charge in [0.25, 0.3) is 5.91 Å². The minimum atomic E-state index is -0.219. The second kappa shape index (κ2) is 9.05. The molecule has 4 rings (SSSR count). The number of carbonyl (C=O) groups is 1. The fourth-order valence-corrected chi connectivity index (χ4v) is 4.17. The normalized spacial score (nSPS) is 17.1. The van der Waals surface area contributed by atoms with Crippen LogP contribution in [0.25, 0.3) is 0 Å². The molecule has 30 heavy (non-hydrogen) atoms. The lowest BCUT2D eigenvalue weighted by Crippen LogP contribution is -2.42. The van der Waals surface area contributed by atoms with Crippen LogP contribution in [-0.2, 0) is 4.79 Å². The number of aryl methyl sites for hydroxylation is 2. The maximum Gasteiger partial charge on any atom is 0.280 e. The highest BCUT2D eigenvalue weighted by molar-refractivity contribution is 8.14. The van der Waals surface area contributed by atoms with Crippen LogP contribution in [0.3, 0.4) is 0 Å². The number of hydrazine groups is 1. The molecule has 3 aromatic rings. The highest BCUT2D eigenvalue weighted by Crippen LogP contribution is 2.38. The van der Waals surface area contributed by atoms with Crippen LogP contribution in [0.15, 0.2) is 83.9 Å². The molecule has 5 nitrogen and oxygen atoms in total. The molecule has 0 aromatic heterocycles. The van der Waals surface area contributed by atoms with Crippen molar-refractivity contribution in [1.82, 2.24) is 10.4 Å². The van der Waals surface area contributed by atoms with E-state index in [1.54, 1.807) is 5.01 Å². The van der Waals surface area contributed by atoms with Crippen molar-refractivity contribution >= 4 is 28.5 Å². The van der Waals surface area contributed by atoms with Gasteiger partial charge in [-0.3, -0.25) is 10.2 Å². The van der Waals surface area contributed by atoms with Gasteiger partial charge in [-0.2, -0.15) is 0 Å². The molecule has 0 radical (unpaired) electrons. The molecule has 0 saturated carbocycles. The van der Waals surface area contributed by atoms with E-state index in [9.17, 15) is 4.79 Å². The molecule has 0 aliphatic carbocycles. The van der Waals surface area contributed by atoms with Gasteiger partial charge in [0.15, 0.2) is 11.8 Å². The zero-order valence-corrected chi connectivity index (χ0v) is 17.7. The van der Waals surface area contributed by atoms with Crippen molar-refractivity contribution < 1.29 is 9.53 Å². The number of aliphatic imine (C=N–C) groups is 1. The Morgan fingerprint density at radius 1 is 1.00 bits per heavy atom. The van der Waals surface area contributed by atoms with E-state index in [1.165, 1.54) is 17.3 Å². The lowest BCUT2D eigenvalue weighted by molar-refractivity contribution is -0.135. The Kier molecular flexibility index (Phi) is 6.05. The van der Waals surface area contributed by atoms with Gasteiger partial charge in [0.2, 0.25) is 0 Å². The Morgan fingerprint density at radius 2 is 1.77 bits per heavy atom. The summed E-state index contributed by atoms with van der Waals surface area (Å²) in [4.78, 5) is 17.7. The number of rotatable bonds is 5. The minimum Gasteiger partial charge on any atom is -0.484 e. The summed E-state index contributed by atoms with van der Waals surface area (Å²) in [6.07, 6.45) is 0. The number of carbonyl (C=O) groups excluding carboxylic acids is 1. The Bertz CT molecular complexity index is 1050. The van der Waals surface area contributed by atoms with Crippen LogP contribution in [0.1, 0.15) is 22.1 Å². The smallest absolute Gasteiger partial charge is 0.280 e. The first-order valence-electron chi connectivity index (χ1n) is 9.74. The molecule has 1 N–H and O–H groups in total. The van der Waals surface area contributed by atoms with Gasteiger partial charge in [-0.05, 0) is 49.2 Å². The zero-order valence-electron chi connectivity index (χ0n) is 16.9. The van der Waals surface area contributed by atoms with E-state index in [0.29, 0.717) is 10.9 Å². The molecule has 6 heteroatoms. The number of hydrogen-bond acceptors (Lipinski definition) is 4. The number of nitrogens with one attached hydrogen (secondary N) is 1. The van der Waals surface area contributed by atoms with Gasteiger partial charge in [-0.25, -0.2) is 10.0 Å². The lowest BCUT2D eigenvalue weighted by atomic mass is 10.2. The number of amides is 1. The summed E-state index contributed by atoms with van der Waals surface area (Å²) < 4.78 is 5.73. The molecule has 1 heterocycles. The second-order valence-corrected chi connectivity index (χ2v) is 8.18. The summed E-state index contributed by atoms with van der Waals surface area (Å²) in [5.74, 6) is 0.520. The fourth-order valence-electron chi connectivity index (χ4n) is 3.08. The number of ether oxygens (including phenoxy) is 1. The van der Waals surface area contributed by atoms with Crippen molar-refractivity contribution in [3.05, 3.63) is 95.6 Å². The van der Waals surface area contributed by atoms with Crippen LogP contribution in [0.2, 0.25) is 0 Å². The van der Waals surface area contributed by atoms with Crippen LogP contribution in [-0.4, -0.2) is 22.7 Å². The summed E-state index contributed by atoms with van der Waals surface area (Å²) >= 11 is 1.51. The predicted molar refractivity (Wildman–Crippen MR) is 122 cm³/mol. The monoisotopic (exact) mass is 417 g/mol. The molecule has 1 atom stereocenters. The van der Waals surface area contributed by atoms with Crippen LogP contribution >= 0.6 is 11.8 Å². The third-order valence-corrected chi connectivity index (χ3v) is 5.76. The van der Waals surface area contributed by atoms with Gasteiger partial charge < -0.3 is 4.74 Å². The quantitative estimate of drug-likeness (QED) is 0.624. The standard InChI is InChI=1S/C24H23N3O2S/c1-17-11-13-20(14-12-17)25-24-26-27(23(30-24)19-8-4-3-5-9-19)22(28)16-29-21-10-6-7-18(2)15-21/h3-15,23H,16H2,1-2H3,(H,25,26). The number of benzene rings is 3. The summed E-state index contributed by atoms with van der Waals surface area (Å²) in [6, 6.07) is 25.6. The second-order valence-electron chi connectivity index (χ2n) is 7.11. The molecular formula is C24H23N3O2S. The third-order valence-electron chi connectivity index (χ3n) is 4.64. The molecule has 3 aromatic carbocycles. The molecule has 1 amide bonds. The number of nitrogens with zero attached hydrogens (tertiary/aromatic N) is 2. The SMILES string of the molecule is Cc1ccc(N=C2NN(C(=O)COc3cccc(C)c3)C(c3ccccc3)S2)cc1. The van der Waals surface area contributed by atoms with Crippen molar-refractivity contribution in [2.75, 3.05) is 6.61 Å². The summed E-state index contributed by atoms with van der Waals surface area (Å²) in [5, 5.41) is 2.06. The van der Waals surface area contributed by atoms with E-state index in [0.717, 1.165) is 16.8 Å². The maximum absolute atomic E-state index is 13.0. The van der Waals surface area contributed by atoms with Crippen molar-refractivity contribution in [3.63, 3.8) is 0 Å². The molecule has 1 aliphatic rings. The molecule has 152 valence electrons. The highest BCUT2D eigenvalue weighted by Gasteiger charge is 2.35. The van der Waals surface area contributed by atoms with Gasteiger partial charge in [0.05, 0.1) is 5.69 Å². The van der Waals surface area contributed by atoms with Crippen LogP contribution in [0, 0.1) is 13.8 Å². The Labute approximate surface area is 180 Å². The van der Waals surface area contributed by atoms with Crippen LogP contribution in [0.5, 0.6) is 5.75 Å². The summed E-state index contributed by atoms with van der Waals surface area (Å²) in [5.41, 5.74) is 7.30. The van der Waals surface area contributed by atoms with Crippen molar-refractivity contribution in [2.24, 2.45) is 4.99 Å². The first-order valence-corrected chi connectivity index (χ1v) is 10.6. The van der Waals surface area contributed by atoms with E-state index < -0.39 is 0 Å². The molecule has 1 aliphatic heterocycles. The van der Waals surface area contributed by atoms with Crippen molar-refractivity contribution in [2.45, 2.75) is 19.2 Å². The topological polar surface area (TPSA) is 53.9 Å². The summed E-state index contributed by atoms with van der Waals surface area (Å²) in [7, 11) is 0. The Balaban J connectivity index is 1.53. The average molecular weight is 418 g/mol. The van der Waals surface area contributed by atoms with Gasteiger partial charge in [-0.1, -0.05) is 71.9 Å². The van der Waals surface area contributed by atoms with Gasteiger partial charge in [0.1, 0.15) is 11.1 Å². The first-order chi connectivity index (χ1) is 14.6. The van der Waals surface area contributed by atoms with E-state index in [1.807, 2.05) is 92.7 Å². The fraction of sp³-hybridized carbons (Fsp3) is 0.167. The van der Waals surface area contributed by atoms with Gasteiger partial charge >= 0.3 is 0 Å². The first kappa shape index (κ1) is 20.0. The summed E-state index contributed by atoms with van der Waals surface area (Å²) in [6.45, 7) is 3.98. The molecule has 0 bridgehead atoms. The van der Waals surface area contributed by atoms with E-state index in [4.69, 9.17) is 4.74 Å². The lowest BCUT2D eigenvalue weighted by Gasteiger charge is -2.23. The van der Waals surface area contributed by atoms with E-state index in [2.05, 4.69) is 10.4 Å². The van der Waals surface area contributed by atoms with Crippen LogP contribution < -0.4 is 10.2 Å². The molecule has 0 spiro atoms. The molecule has 1 unspecified atom stereocenters. The van der Waals surface area contributed by atoms with Crippen LogP contribution in [0.4, 0.5) is 5.69 Å². The molecular weight excluding hydrogens is 394 g/mol. The van der Waals surface area contributed by atoms with E-state index in [-0.39, 0.29) is 17.9 Å². The molecule has 1 fully saturated rings. The largest absolute Gasteiger partial charge is 0.484 e. The Morgan fingerprint density at radius 3 is 2.50 bits per heavy atom. The average Bonchev–Trinajstić information content (AvgIpc) is 3.18. The number of amidine groups is 1. The highest BCUT2D eigenvalue weighted by atomic mass is 32.2. The van der Waals surface area contributed by atoms with Crippen molar-refractivity contribution in [1.29, 1.82) is 0 Å². The number of hydrogen-bond donors (Lipinski definition) is 1. The van der Waals surface area contributed by atoms with E-state index >= 15 is 0 Å². The molecule has 1 saturated heterocycles. The minimum absolute atomic E-state index is 0.0574. The predicted octanol–water partition coefficient (Wildman–Crippen LogP) is 5.15. The van der Waals surface area contributed by atoms with Gasteiger partial charge in [-0.15, -0.1) is 0 Å². The number of thioether (sulfide) groups is 1. The van der Waals surface area contributed by atoms with Gasteiger partial charge in [0, 0.05) is 0 Å². The third kappa shape index (κ3) is 4.83. The zero-order chi connectivity index (χ0) is 20.9. The Hall–Kier alpha value is -3.25. The van der Waals surface area contributed by atoms with Crippen molar-refractivity contribution in [3.8, 4) is 5.75 Å².